The molecule has 0 aliphatic rings. The van der Waals surface area contributed by atoms with Crippen LogP contribution < -0.4 is 14.9 Å². The van der Waals surface area contributed by atoms with E-state index in [1.165, 1.54) is 30.6 Å². The average molecular weight is 868 g/mol. The summed E-state index contributed by atoms with van der Waals surface area (Å²) in [7, 11) is -1.70. The molecule has 0 amide bonds. The number of nitrogens with zero attached hydrogens (tertiary/aromatic N) is 6. The lowest BCUT2D eigenvalue weighted by Gasteiger charge is -2.10. The zero-order valence-electron chi connectivity index (χ0n) is 25.0. The van der Waals surface area contributed by atoms with Crippen LogP contribution in [0.15, 0.2) is 89.7 Å². The van der Waals surface area contributed by atoms with Crippen molar-refractivity contribution in [2.24, 2.45) is 0 Å². The molecule has 0 radical (unpaired) electrons. The number of rotatable bonds is 6. The van der Waals surface area contributed by atoms with Crippen molar-refractivity contribution >= 4 is 63.0 Å². The summed E-state index contributed by atoms with van der Waals surface area (Å²) in [5, 5.41) is 23.9. The molecule has 24 heteroatoms. The molecule has 0 fully saturated rings. The second-order valence-electron chi connectivity index (χ2n) is 9.83. The van der Waals surface area contributed by atoms with Crippen LogP contribution in [0.2, 0.25) is 0 Å². The molecule has 6 rings (SSSR count). The zero-order chi connectivity index (χ0) is 38.6. The Kier molecular flexibility index (Phi) is 13.6. The third-order valence-corrected chi connectivity index (χ3v) is 6.92. The molecule has 0 aliphatic carbocycles. The molecule has 0 bridgehead atoms. The largest absolute Gasteiger partial charge is 0.573 e. The molecule has 0 saturated carbocycles. The van der Waals surface area contributed by atoms with Gasteiger partial charge in [0.15, 0.2) is 11.3 Å². The van der Waals surface area contributed by atoms with Gasteiger partial charge in [-0.2, -0.15) is 17.6 Å². The first-order valence-electron chi connectivity index (χ1n) is 13.6. The quantitative estimate of drug-likeness (QED) is 0.0977. The number of hydrogen-bond acceptors (Lipinski definition) is 8. The SMILES string of the molecule is C.FC(F)(Cl)c1nnc2ccc(Br)cn12.FC(F)(F)Oc1ccc(-c2ccc3nnc(C(F)(F)Cl)n3c2)cc1.OB(O)c1ccc(OC(F)(F)F)cc1. The van der Waals surface area contributed by atoms with E-state index in [1.54, 1.807) is 18.2 Å². The van der Waals surface area contributed by atoms with E-state index >= 15 is 0 Å². The summed E-state index contributed by atoms with van der Waals surface area (Å²) in [6.07, 6.45) is -6.77. The van der Waals surface area contributed by atoms with Crippen LogP contribution in [0.4, 0.5) is 43.9 Å². The fraction of sp³-hybridized carbons (Fsp3) is 0.172. The molecule has 284 valence electrons. The molecule has 0 spiro atoms. The molecule has 0 atom stereocenters. The van der Waals surface area contributed by atoms with Crippen LogP contribution in [0, 0.1) is 0 Å². The minimum absolute atomic E-state index is 0. The average Bonchev–Trinajstić information content (AvgIpc) is 3.65. The molecule has 0 saturated heterocycles. The summed E-state index contributed by atoms with van der Waals surface area (Å²) < 4.78 is 134. The number of halogens is 13. The van der Waals surface area contributed by atoms with Gasteiger partial charge in [-0.05, 0) is 104 Å². The Hall–Kier alpha value is -4.38. The van der Waals surface area contributed by atoms with Gasteiger partial charge in [0.05, 0.1) is 0 Å². The van der Waals surface area contributed by atoms with Crippen molar-refractivity contribution in [2.45, 2.75) is 30.9 Å². The number of ether oxygens (including phenoxy) is 2. The lowest BCUT2D eigenvalue weighted by Crippen LogP contribution is -2.29. The van der Waals surface area contributed by atoms with Crippen LogP contribution in [0.25, 0.3) is 22.4 Å². The highest BCUT2D eigenvalue weighted by atomic mass is 79.9. The van der Waals surface area contributed by atoms with E-state index < -0.39 is 48.0 Å². The normalized spacial score (nSPS) is 11.9. The van der Waals surface area contributed by atoms with Crippen molar-refractivity contribution in [1.29, 1.82) is 0 Å². The summed E-state index contributed by atoms with van der Waals surface area (Å²) in [5.74, 6) is -2.12. The molecule has 2 N–H and O–H groups in total. The first kappa shape index (κ1) is 43.0. The van der Waals surface area contributed by atoms with E-state index in [1.807, 2.05) is 0 Å². The zero-order valence-corrected chi connectivity index (χ0v) is 28.1. The van der Waals surface area contributed by atoms with E-state index in [4.69, 9.17) is 33.2 Å². The Labute approximate surface area is 309 Å². The molecule has 0 aliphatic heterocycles. The van der Waals surface area contributed by atoms with Gasteiger partial charge in [-0.15, -0.1) is 46.7 Å². The first-order chi connectivity index (χ1) is 24.0. The fourth-order valence-electron chi connectivity index (χ4n) is 4.00. The Bertz CT molecular complexity index is 2110. The highest BCUT2D eigenvalue weighted by Crippen LogP contribution is 2.33. The van der Waals surface area contributed by atoms with Crippen molar-refractivity contribution in [3.8, 4) is 22.6 Å². The Morgan fingerprint density at radius 3 is 1.38 bits per heavy atom. The highest BCUT2D eigenvalue weighted by molar-refractivity contribution is 9.10. The van der Waals surface area contributed by atoms with Gasteiger partial charge in [-0.1, -0.05) is 31.7 Å². The van der Waals surface area contributed by atoms with Gasteiger partial charge >= 0.3 is 30.6 Å². The summed E-state index contributed by atoms with van der Waals surface area (Å²) in [5.41, 5.74) is 1.53. The minimum atomic E-state index is -4.79. The van der Waals surface area contributed by atoms with E-state index in [0.29, 0.717) is 21.2 Å². The Morgan fingerprint density at radius 1 is 0.566 bits per heavy atom. The minimum Gasteiger partial charge on any atom is -0.423 e. The molecular weight excluding hydrogens is 848 g/mol. The second-order valence-corrected chi connectivity index (χ2v) is 11.7. The standard InChI is InChI=1S/C14H7ClF5N3O.C7H6BF3O3.C7H3BrClF2N3.CH4/c15-13(16,17)12-22-21-11-6-3-9(7-23(11)12)8-1-4-10(5-2-8)24-14(18,19)20;9-7(10,11)14-6-3-1-5(2-4-6)8(12)13;8-4-1-2-5-12-13-6(7(9,10)11)14(5)3-4;/h1-7H;1-4,12-13H;1-3H;1H4. The van der Waals surface area contributed by atoms with Crippen LogP contribution in [0.5, 0.6) is 11.5 Å². The molecule has 6 aromatic rings. The van der Waals surface area contributed by atoms with Crippen molar-refractivity contribution in [2.75, 3.05) is 0 Å². The van der Waals surface area contributed by atoms with Crippen molar-refractivity contribution < 1.29 is 63.4 Å². The Balaban J connectivity index is 0.000000226. The van der Waals surface area contributed by atoms with Gasteiger partial charge < -0.3 is 19.5 Å². The van der Waals surface area contributed by atoms with Crippen LogP contribution in [-0.2, 0) is 10.8 Å². The first-order valence-corrected chi connectivity index (χ1v) is 15.1. The van der Waals surface area contributed by atoms with E-state index in [9.17, 15) is 43.9 Å². The van der Waals surface area contributed by atoms with Crippen LogP contribution >= 0.6 is 39.1 Å². The highest BCUT2D eigenvalue weighted by Gasteiger charge is 2.35. The van der Waals surface area contributed by atoms with Gasteiger partial charge in [0.1, 0.15) is 11.5 Å². The van der Waals surface area contributed by atoms with Crippen LogP contribution in [0.1, 0.15) is 19.1 Å². The van der Waals surface area contributed by atoms with E-state index in [0.717, 1.165) is 45.2 Å². The van der Waals surface area contributed by atoms with Gasteiger partial charge in [-0.3, -0.25) is 8.80 Å². The Morgan fingerprint density at radius 2 is 0.962 bits per heavy atom. The third kappa shape index (κ3) is 12.3. The molecule has 0 unspecified atom stereocenters. The summed E-state index contributed by atoms with van der Waals surface area (Å²) in [6, 6.07) is 15.5. The summed E-state index contributed by atoms with van der Waals surface area (Å²) in [4.78, 5) is 0. The molecule has 10 nitrogen and oxygen atoms in total. The molecular formula is C29H20BBrCl2F10N6O4. The van der Waals surface area contributed by atoms with Crippen molar-refractivity contribution in [1.82, 2.24) is 29.2 Å². The molecule has 4 heterocycles. The maximum Gasteiger partial charge on any atom is 0.573 e. The molecule has 2 aromatic carbocycles. The van der Waals surface area contributed by atoms with Gasteiger partial charge in [0.25, 0.3) is 0 Å². The fourth-order valence-corrected chi connectivity index (χ4v) is 4.60. The number of aromatic nitrogens is 6. The van der Waals surface area contributed by atoms with Crippen molar-refractivity contribution in [3.05, 3.63) is 101 Å². The topological polar surface area (TPSA) is 119 Å². The van der Waals surface area contributed by atoms with E-state index in [-0.39, 0.29) is 24.3 Å². The smallest absolute Gasteiger partial charge is 0.423 e. The van der Waals surface area contributed by atoms with Crippen LogP contribution in [-0.4, -0.2) is 59.1 Å². The molecule has 4 aromatic heterocycles. The maximum absolute atomic E-state index is 13.3. The monoisotopic (exact) mass is 866 g/mol. The number of alkyl halides is 12. The predicted octanol–water partition coefficient (Wildman–Crippen LogP) is 8.26. The number of hydrogen-bond donors (Lipinski definition) is 2. The lowest BCUT2D eigenvalue weighted by molar-refractivity contribution is -0.275. The van der Waals surface area contributed by atoms with Gasteiger partial charge in [0, 0.05) is 16.9 Å². The van der Waals surface area contributed by atoms with Crippen molar-refractivity contribution in [3.63, 3.8) is 0 Å². The third-order valence-electron chi connectivity index (χ3n) is 6.11. The maximum atomic E-state index is 13.3. The number of benzene rings is 2. The van der Waals surface area contributed by atoms with E-state index in [2.05, 4.69) is 45.8 Å². The number of pyridine rings is 2. The number of fused-ring (bicyclic) bond motifs is 2. The summed E-state index contributed by atoms with van der Waals surface area (Å²) >= 11 is 13.0. The second kappa shape index (κ2) is 16.7. The van der Waals surface area contributed by atoms with Crippen LogP contribution in [0.3, 0.4) is 0 Å². The lowest BCUT2D eigenvalue weighted by atomic mass is 9.80. The molecule has 53 heavy (non-hydrogen) atoms. The van der Waals surface area contributed by atoms with Gasteiger partial charge in [0.2, 0.25) is 11.6 Å². The predicted molar refractivity (Wildman–Crippen MR) is 175 cm³/mol. The van der Waals surface area contributed by atoms with Gasteiger partial charge in [-0.25, -0.2) is 0 Å². The summed E-state index contributed by atoms with van der Waals surface area (Å²) in [6.45, 7) is 0.